The molecule has 1 N–H and O–H groups in total. The van der Waals surface area contributed by atoms with Crippen molar-refractivity contribution < 1.29 is 4.79 Å². The molecule has 1 aromatic carbocycles. The zero-order valence-corrected chi connectivity index (χ0v) is 13.1. The Morgan fingerprint density at radius 2 is 1.89 bits per heavy atom. The van der Waals surface area contributed by atoms with E-state index in [0.29, 0.717) is 17.4 Å². The third kappa shape index (κ3) is 4.54. The minimum absolute atomic E-state index is 0.0234. The molecule has 106 valence electrons. The Hall–Kier alpha value is -1.02. The van der Waals surface area contributed by atoms with Gasteiger partial charge in [0.25, 0.3) is 5.91 Å². The monoisotopic (exact) mass is 281 g/mol. The average molecular weight is 282 g/mol. The van der Waals surface area contributed by atoms with Gasteiger partial charge in [-0.3, -0.25) is 4.79 Å². The highest BCUT2D eigenvalue weighted by Gasteiger charge is 2.24. The molecule has 2 nitrogen and oxygen atoms in total. The number of halogens is 1. The standard InChI is InChI=1S/C16H24ClNO/c1-5-16(4,10-11-17)18-15(19)14-8-6-13(7-9-14)12(2)3/h6-9,12H,5,10-11H2,1-4H3,(H,18,19). The first-order valence-electron chi connectivity index (χ1n) is 6.90. The predicted octanol–water partition coefficient (Wildman–Crippen LogP) is 4.34. The second-order valence-electron chi connectivity index (χ2n) is 5.58. The van der Waals surface area contributed by atoms with Crippen molar-refractivity contribution in [2.45, 2.75) is 52.0 Å². The lowest BCUT2D eigenvalue weighted by Crippen LogP contribution is -2.45. The molecule has 1 aromatic rings. The Balaban J connectivity index is 2.77. The van der Waals surface area contributed by atoms with Crippen molar-refractivity contribution in [1.82, 2.24) is 5.32 Å². The summed E-state index contributed by atoms with van der Waals surface area (Å²) < 4.78 is 0. The van der Waals surface area contributed by atoms with Gasteiger partial charge in [-0.25, -0.2) is 0 Å². The molecule has 1 rings (SSSR count). The number of benzene rings is 1. The predicted molar refractivity (Wildman–Crippen MR) is 82.0 cm³/mol. The fourth-order valence-electron chi connectivity index (χ4n) is 1.90. The van der Waals surface area contributed by atoms with E-state index < -0.39 is 0 Å². The van der Waals surface area contributed by atoms with Gasteiger partial charge in [-0.2, -0.15) is 0 Å². The number of carbonyl (C=O) groups is 1. The summed E-state index contributed by atoms with van der Waals surface area (Å²) in [5, 5.41) is 3.09. The molecule has 0 spiro atoms. The van der Waals surface area contributed by atoms with Crippen molar-refractivity contribution in [2.24, 2.45) is 0 Å². The Bertz CT molecular complexity index is 413. The molecule has 1 amide bonds. The highest BCUT2D eigenvalue weighted by molar-refractivity contribution is 6.17. The first kappa shape index (κ1) is 16.0. The van der Waals surface area contributed by atoms with E-state index in [4.69, 9.17) is 11.6 Å². The summed E-state index contributed by atoms with van der Waals surface area (Å²) in [4.78, 5) is 12.2. The number of alkyl halides is 1. The third-order valence-electron chi connectivity index (χ3n) is 3.68. The van der Waals surface area contributed by atoms with Crippen molar-refractivity contribution in [2.75, 3.05) is 5.88 Å². The van der Waals surface area contributed by atoms with Crippen LogP contribution in [0.1, 0.15) is 62.4 Å². The molecular formula is C16H24ClNO. The van der Waals surface area contributed by atoms with Crippen LogP contribution in [-0.4, -0.2) is 17.3 Å². The largest absolute Gasteiger partial charge is 0.347 e. The number of hydrogen-bond acceptors (Lipinski definition) is 1. The second kappa shape index (κ2) is 6.95. The lowest BCUT2D eigenvalue weighted by Gasteiger charge is -2.29. The lowest BCUT2D eigenvalue weighted by molar-refractivity contribution is 0.0901. The van der Waals surface area contributed by atoms with Gasteiger partial charge in [0.05, 0.1) is 0 Å². The van der Waals surface area contributed by atoms with Crippen molar-refractivity contribution in [3.05, 3.63) is 35.4 Å². The van der Waals surface area contributed by atoms with Gasteiger partial charge in [0, 0.05) is 17.0 Å². The summed E-state index contributed by atoms with van der Waals surface area (Å²) in [5.41, 5.74) is 1.73. The summed E-state index contributed by atoms with van der Waals surface area (Å²) in [6.07, 6.45) is 1.65. The average Bonchev–Trinajstić information content (AvgIpc) is 2.39. The molecule has 0 aliphatic rings. The van der Waals surface area contributed by atoms with Crippen LogP contribution >= 0.6 is 11.6 Å². The van der Waals surface area contributed by atoms with Gasteiger partial charge < -0.3 is 5.32 Å². The quantitative estimate of drug-likeness (QED) is 0.772. The Labute approximate surface area is 121 Å². The Morgan fingerprint density at radius 1 is 1.32 bits per heavy atom. The zero-order chi connectivity index (χ0) is 14.5. The Morgan fingerprint density at radius 3 is 2.32 bits per heavy atom. The van der Waals surface area contributed by atoms with Crippen LogP contribution in [-0.2, 0) is 0 Å². The van der Waals surface area contributed by atoms with Gasteiger partial charge >= 0.3 is 0 Å². The molecule has 3 heteroatoms. The van der Waals surface area contributed by atoms with Crippen LogP contribution in [0.2, 0.25) is 0 Å². The fraction of sp³-hybridized carbons (Fsp3) is 0.562. The van der Waals surface area contributed by atoms with E-state index in [0.717, 1.165) is 12.8 Å². The maximum absolute atomic E-state index is 12.2. The maximum Gasteiger partial charge on any atom is 0.251 e. The normalized spacial score (nSPS) is 14.2. The van der Waals surface area contributed by atoms with Crippen molar-refractivity contribution >= 4 is 17.5 Å². The SMILES string of the molecule is CCC(C)(CCCl)NC(=O)c1ccc(C(C)C)cc1. The molecule has 1 atom stereocenters. The van der Waals surface area contributed by atoms with E-state index in [1.165, 1.54) is 5.56 Å². The summed E-state index contributed by atoms with van der Waals surface area (Å²) in [7, 11) is 0. The summed E-state index contributed by atoms with van der Waals surface area (Å²) in [5.74, 6) is 1.01. The maximum atomic E-state index is 12.2. The van der Waals surface area contributed by atoms with Crippen LogP contribution in [0.25, 0.3) is 0 Å². The minimum atomic E-state index is -0.227. The molecule has 0 aliphatic heterocycles. The van der Waals surface area contributed by atoms with Crippen LogP contribution in [0.15, 0.2) is 24.3 Å². The van der Waals surface area contributed by atoms with E-state index in [2.05, 4.69) is 26.1 Å². The molecule has 0 fully saturated rings. The fourth-order valence-corrected chi connectivity index (χ4v) is 2.32. The number of rotatable bonds is 6. The highest BCUT2D eigenvalue weighted by Crippen LogP contribution is 2.18. The third-order valence-corrected chi connectivity index (χ3v) is 3.87. The van der Waals surface area contributed by atoms with Crippen LogP contribution in [0, 0.1) is 0 Å². The molecule has 0 aliphatic carbocycles. The first-order valence-corrected chi connectivity index (χ1v) is 7.43. The number of amides is 1. The van der Waals surface area contributed by atoms with Crippen molar-refractivity contribution in [1.29, 1.82) is 0 Å². The highest BCUT2D eigenvalue weighted by atomic mass is 35.5. The molecule has 0 heterocycles. The minimum Gasteiger partial charge on any atom is -0.347 e. The van der Waals surface area contributed by atoms with Gasteiger partial charge in [-0.05, 0) is 43.4 Å². The summed E-state index contributed by atoms with van der Waals surface area (Å²) >= 11 is 5.80. The van der Waals surface area contributed by atoms with Crippen molar-refractivity contribution in [3.8, 4) is 0 Å². The van der Waals surface area contributed by atoms with Gasteiger partial charge in [-0.15, -0.1) is 11.6 Å². The number of carbonyl (C=O) groups excluding carboxylic acids is 1. The lowest BCUT2D eigenvalue weighted by atomic mass is 9.94. The Kier molecular flexibility index (Phi) is 5.86. The number of nitrogens with one attached hydrogen (secondary N) is 1. The zero-order valence-electron chi connectivity index (χ0n) is 12.3. The second-order valence-corrected chi connectivity index (χ2v) is 5.96. The smallest absolute Gasteiger partial charge is 0.251 e. The topological polar surface area (TPSA) is 29.1 Å². The molecular weight excluding hydrogens is 258 g/mol. The molecule has 0 saturated carbocycles. The molecule has 0 radical (unpaired) electrons. The van der Waals surface area contributed by atoms with Crippen LogP contribution < -0.4 is 5.32 Å². The summed E-state index contributed by atoms with van der Waals surface area (Å²) in [6, 6.07) is 7.82. The van der Waals surface area contributed by atoms with Crippen LogP contribution in [0.3, 0.4) is 0 Å². The van der Waals surface area contributed by atoms with E-state index >= 15 is 0 Å². The van der Waals surface area contributed by atoms with E-state index in [1.807, 2.05) is 31.2 Å². The molecule has 0 aromatic heterocycles. The summed E-state index contributed by atoms with van der Waals surface area (Å²) in [6.45, 7) is 8.39. The van der Waals surface area contributed by atoms with Crippen molar-refractivity contribution in [3.63, 3.8) is 0 Å². The van der Waals surface area contributed by atoms with Crippen LogP contribution in [0.5, 0.6) is 0 Å². The van der Waals surface area contributed by atoms with Gasteiger partial charge in [0.2, 0.25) is 0 Å². The molecule has 19 heavy (non-hydrogen) atoms. The van der Waals surface area contributed by atoms with E-state index in [-0.39, 0.29) is 11.4 Å². The van der Waals surface area contributed by atoms with Gasteiger partial charge in [-0.1, -0.05) is 32.9 Å². The molecule has 1 unspecified atom stereocenters. The van der Waals surface area contributed by atoms with Gasteiger partial charge in [0.15, 0.2) is 0 Å². The van der Waals surface area contributed by atoms with Gasteiger partial charge in [0.1, 0.15) is 0 Å². The number of hydrogen-bond donors (Lipinski definition) is 1. The molecule has 0 saturated heterocycles. The van der Waals surface area contributed by atoms with Crippen LogP contribution in [0.4, 0.5) is 0 Å². The molecule has 0 bridgehead atoms. The first-order chi connectivity index (χ1) is 8.91. The van der Waals surface area contributed by atoms with E-state index in [9.17, 15) is 4.79 Å². The van der Waals surface area contributed by atoms with E-state index in [1.54, 1.807) is 0 Å².